The van der Waals surface area contributed by atoms with Gasteiger partial charge in [-0.3, -0.25) is 9.97 Å². The third kappa shape index (κ3) is 5.24. The Labute approximate surface area is 289 Å². The summed E-state index contributed by atoms with van der Waals surface area (Å²) in [5.74, 6) is 0. The van der Waals surface area contributed by atoms with Crippen LogP contribution >= 0.6 is 0 Å². The first-order chi connectivity index (χ1) is 24.6. The van der Waals surface area contributed by atoms with Crippen molar-refractivity contribution in [3.8, 4) is 44.5 Å². The molecule has 9 rings (SSSR count). The van der Waals surface area contributed by atoms with Gasteiger partial charge in [-0.15, -0.1) is 0 Å². The van der Waals surface area contributed by atoms with Crippen molar-refractivity contribution in [2.75, 3.05) is 0 Å². The fourth-order valence-electron chi connectivity index (χ4n) is 6.90. The minimum atomic E-state index is 0.873. The maximum absolute atomic E-state index is 5.35. The van der Waals surface area contributed by atoms with Crippen molar-refractivity contribution in [3.63, 3.8) is 0 Å². The fraction of sp³-hybridized carbons (Fsp3) is 0.0455. The van der Waals surface area contributed by atoms with Gasteiger partial charge in [0.05, 0.1) is 22.8 Å². The molecule has 50 heavy (non-hydrogen) atoms. The van der Waals surface area contributed by atoms with Crippen LogP contribution in [0.1, 0.15) is 33.9 Å². The lowest BCUT2D eigenvalue weighted by Crippen LogP contribution is -1.90. The van der Waals surface area contributed by atoms with Gasteiger partial charge in [0, 0.05) is 69.1 Å². The number of nitrogens with zero attached hydrogens (tertiary/aromatic N) is 4. The quantitative estimate of drug-likeness (QED) is 0.200. The molecule has 2 aromatic carbocycles. The van der Waals surface area contributed by atoms with E-state index in [1.807, 2.05) is 49.1 Å². The first kappa shape index (κ1) is 29.5. The molecule has 0 fully saturated rings. The van der Waals surface area contributed by atoms with E-state index in [2.05, 4.69) is 131 Å². The zero-order valence-corrected chi connectivity index (χ0v) is 27.6. The summed E-state index contributed by atoms with van der Waals surface area (Å²) in [5.41, 5.74) is 18.1. The highest BCUT2D eigenvalue weighted by Gasteiger charge is 2.18. The Hall–Kier alpha value is -6.66. The number of aryl methyl sites for hydroxylation is 2. The first-order valence-corrected chi connectivity index (χ1v) is 16.7. The van der Waals surface area contributed by atoms with Crippen LogP contribution in [0.2, 0.25) is 0 Å². The summed E-state index contributed by atoms with van der Waals surface area (Å²) >= 11 is 0. The van der Waals surface area contributed by atoms with E-state index in [1.165, 1.54) is 11.1 Å². The molecule has 0 unspecified atom stereocenters. The lowest BCUT2D eigenvalue weighted by atomic mass is 10.0. The van der Waals surface area contributed by atoms with Gasteiger partial charge in [0.15, 0.2) is 0 Å². The molecular formula is C44H32N6. The highest BCUT2D eigenvalue weighted by atomic mass is 14.8. The molecular weight excluding hydrogens is 613 g/mol. The van der Waals surface area contributed by atoms with Gasteiger partial charge in [-0.1, -0.05) is 59.7 Å². The number of fused-ring (bicyclic) bond motifs is 8. The van der Waals surface area contributed by atoms with E-state index >= 15 is 0 Å². The maximum atomic E-state index is 5.35. The molecule has 6 heteroatoms. The van der Waals surface area contributed by atoms with E-state index in [0.717, 1.165) is 89.4 Å². The Kier molecular flexibility index (Phi) is 7.13. The van der Waals surface area contributed by atoms with Crippen molar-refractivity contribution in [1.82, 2.24) is 29.9 Å². The molecule has 0 amide bonds. The van der Waals surface area contributed by atoms with Crippen molar-refractivity contribution in [2.24, 2.45) is 0 Å². The molecule has 7 heterocycles. The minimum Gasteiger partial charge on any atom is -0.354 e. The Balaban J connectivity index is 1.47. The SMILES string of the molecule is Cc1ccc(-c2c3nc(c(-c4ccncc4)c4ccc([nH]4)c(-c4ccc(C)cc4)c4nc(c(-c5ccncc5)c5ccc2[nH]5)C=C4)C=C3)cc1. The van der Waals surface area contributed by atoms with Crippen molar-refractivity contribution < 1.29 is 0 Å². The van der Waals surface area contributed by atoms with Crippen molar-refractivity contribution in [2.45, 2.75) is 13.8 Å². The Morgan fingerprint density at radius 3 is 0.920 bits per heavy atom. The van der Waals surface area contributed by atoms with Crippen LogP contribution < -0.4 is 0 Å². The number of benzene rings is 2. The van der Waals surface area contributed by atoms with Gasteiger partial charge in [-0.25, -0.2) is 9.97 Å². The van der Waals surface area contributed by atoms with E-state index < -0.39 is 0 Å². The average molecular weight is 645 g/mol. The monoisotopic (exact) mass is 644 g/mol. The number of aromatic amines is 2. The Morgan fingerprint density at radius 2 is 0.620 bits per heavy atom. The molecule has 8 bridgehead atoms. The fourth-order valence-corrected chi connectivity index (χ4v) is 6.90. The van der Waals surface area contributed by atoms with E-state index in [1.54, 1.807) is 0 Å². The van der Waals surface area contributed by atoms with Gasteiger partial charge < -0.3 is 9.97 Å². The van der Waals surface area contributed by atoms with Gasteiger partial charge in [0.2, 0.25) is 0 Å². The summed E-state index contributed by atoms with van der Waals surface area (Å²) in [6, 6.07) is 34.0. The zero-order valence-electron chi connectivity index (χ0n) is 27.6. The van der Waals surface area contributed by atoms with Crippen LogP contribution in [0.3, 0.4) is 0 Å². The minimum absolute atomic E-state index is 0.873. The lowest BCUT2D eigenvalue weighted by Gasteiger charge is -2.07. The number of hydrogen-bond acceptors (Lipinski definition) is 4. The smallest absolute Gasteiger partial charge is 0.0737 e. The second kappa shape index (κ2) is 12.1. The molecule has 0 saturated carbocycles. The van der Waals surface area contributed by atoms with Gasteiger partial charge in [0.1, 0.15) is 0 Å². The normalized spacial score (nSPS) is 12.0. The Bertz CT molecular complexity index is 2440. The summed E-state index contributed by atoms with van der Waals surface area (Å²) in [6.07, 6.45) is 15.8. The van der Waals surface area contributed by atoms with E-state index in [0.29, 0.717) is 0 Å². The topological polar surface area (TPSA) is 83.1 Å². The predicted octanol–water partition coefficient (Wildman–Crippen LogP) is 10.7. The van der Waals surface area contributed by atoms with Crippen LogP contribution in [0.15, 0.2) is 122 Å². The predicted molar refractivity (Wildman–Crippen MR) is 206 cm³/mol. The second-order valence-electron chi connectivity index (χ2n) is 12.7. The molecule has 238 valence electrons. The van der Waals surface area contributed by atoms with Crippen LogP contribution in [-0.2, 0) is 0 Å². The second-order valence-corrected chi connectivity index (χ2v) is 12.7. The average Bonchev–Trinajstić information content (AvgIpc) is 3.98. The molecule has 5 aromatic heterocycles. The number of nitrogens with one attached hydrogen (secondary N) is 2. The summed E-state index contributed by atoms with van der Waals surface area (Å²) in [6.45, 7) is 4.22. The standard InChI is InChI=1S/C44H32N6/c1-27-3-7-29(8-4-27)41-33-11-15-37(47-33)43(31-19-23-45-24-20-31)39-17-13-35(49-39)42(30-9-5-28(2)6-10-30)36-14-18-40(50-36)44(32-21-25-46-26-22-32)38-16-12-34(41)48-38/h3-26,47,50H,1-2H3. The van der Waals surface area contributed by atoms with Gasteiger partial charge in [-0.2, -0.15) is 0 Å². The van der Waals surface area contributed by atoms with Crippen LogP contribution in [-0.4, -0.2) is 29.9 Å². The molecule has 0 radical (unpaired) electrons. The number of H-pyrrole nitrogens is 2. The van der Waals surface area contributed by atoms with Gasteiger partial charge in [0.25, 0.3) is 0 Å². The molecule has 0 atom stereocenters. The highest BCUT2D eigenvalue weighted by Crippen LogP contribution is 2.38. The van der Waals surface area contributed by atoms with Crippen LogP contribution in [0.4, 0.5) is 0 Å². The summed E-state index contributed by atoms with van der Waals surface area (Å²) < 4.78 is 0. The molecule has 0 spiro atoms. The summed E-state index contributed by atoms with van der Waals surface area (Å²) in [7, 11) is 0. The van der Waals surface area contributed by atoms with Crippen molar-refractivity contribution in [1.29, 1.82) is 0 Å². The molecule has 0 saturated heterocycles. The molecule has 2 aliphatic rings. The van der Waals surface area contributed by atoms with Crippen molar-refractivity contribution >= 4 is 46.4 Å². The Morgan fingerprint density at radius 1 is 0.340 bits per heavy atom. The van der Waals surface area contributed by atoms with Crippen LogP contribution in [0, 0.1) is 13.8 Å². The van der Waals surface area contributed by atoms with Gasteiger partial charge in [-0.05, 0) is 109 Å². The number of hydrogen-bond donors (Lipinski definition) is 2. The van der Waals surface area contributed by atoms with E-state index in [9.17, 15) is 0 Å². The third-order valence-corrected chi connectivity index (χ3v) is 9.37. The molecule has 2 aliphatic heterocycles. The number of pyridine rings is 2. The summed E-state index contributed by atoms with van der Waals surface area (Å²) in [5, 5.41) is 0. The molecule has 6 nitrogen and oxygen atoms in total. The third-order valence-electron chi connectivity index (χ3n) is 9.37. The van der Waals surface area contributed by atoms with Gasteiger partial charge >= 0.3 is 0 Å². The van der Waals surface area contributed by atoms with Crippen LogP contribution in [0.5, 0.6) is 0 Å². The zero-order chi connectivity index (χ0) is 33.6. The lowest BCUT2D eigenvalue weighted by molar-refractivity contribution is 1.29. The largest absolute Gasteiger partial charge is 0.354 e. The number of rotatable bonds is 4. The number of aromatic nitrogens is 6. The van der Waals surface area contributed by atoms with E-state index in [4.69, 9.17) is 9.97 Å². The maximum Gasteiger partial charge on any atom is 0.0737 e. The first-order valence-electron chi connectivity index (χ1n) is 16.7. The van der Waals surface area contributed by atoms with E-state index in [-0.39, 0.29) is 0 Å². The summed E-state index contributed by atoms with van der Waals surface area (Å²) in [4.78, 5) is 26.9. The highest BCUT2D eigenvalue weighted by molar-refractivity contribution is 5.99. The molecule has 7 aromatic rings. The molecule has 0 aliphatic carbocycles. The van der Waals surface area contributed by atoms with Crippen LogP contribution in [0.25, 0.3) is 90.9 Å². The molecule has 2 N–H and O–H groups in total. The van der Waals surface area contributed by atoms with Crippen molar-refractivity contribution in [3.05, 3.63) is 156 Å².